The summed E-state index contributed by atoms with van der Waals surface area (Å²) in [5, 5.41) is 16.8. The Kier molecular flexibility index (Phi) is 6.12. The Hall–Kier alpha value is -1.93. The van der Waals surface area contributed by atoms with Crippen LogP contribution in [0.4, 0.5) is 8.78 Å². The predicted octanol–water partition coefficient (Wildman–Crippen LogP) is 4.01. The van der Waals surface area contributed by atoms with Gasteiger partial charge in [-0.05, 0) is 27.6 Å². The first-order valence-corrected chi connectivity index (χ1v) is 8.16. The number of amidine groups is 1. The van der Waals surface area contributed by atoms with E-state index in [9.17, 15) is 13.9 Å². The van der Waals surface area contributed by atoms with Crippen molar-refractivity contribution >= 4 is 39.1 Å². The van der Waals surface area contributed by atoms with Crippen molar-refractivity contribution in [1.82, 2.24) is 0 Å². The highest BCUT2D eigenvalue weighted by Gasteiger charge is 2.15. The van der Waals surface area contributed by atoms with E-state index in [1.807, 2.05) is 30.3 Å². The van der Waals surface area contributed by atoms with Crippen molar-refractivity contribution in [2.45, 2.75) is 5.75 Å². The first-order chi connectivity index (χ1) is 11.0. The maximum atomic E-state index is 13.6. The number of thioether (sulfide) groups is 1. The molecular weight excluding hydrogens is 388 g/mol. The molecule has 2 aromatic carbocycles. The lowest BCUT2D eigenvalue weighted by Gasteiger charge is -2.03. The number of hydrogen-bond donors (Lipinski definition) is 2. The normalized spacial score (nSPS) is 12.0. The number of nitrogens with two attached hydrogens (primary N) is 1. The summed E-state index contributed by atoms with van der Waals surface area (Å²) in [7, 11) is 0. The summed E-state index contributed by atoms with van der Waals surface area (Å²) in [6.07, 6.45) is 1.03. The molecule has 23 heavy (non-hydrogen) atoms. The van der Waals surface area contributed by atoms with E-state index in [-0.39, 0.29) is 15.2 Å². The van der Waals surface area contributed by atoms with Gasteiger partial charge in [0.25, 0.3) is 0 Å². The van der Waals surface area contributed by atoms with Crippen LogP contribution >= 0.6 is 27.7 Å². The molecule has 0 saturated carbocycles. The van der Waals surface area contributed by atoms with Crippen molar-refractivity contribution in [3.63, 3.8) is 0 Å². The monoisotopic (exact) mass is 399 g/mol. The van der Waals surface area contributed by atoms with E-state index in [1.54, 1.807) is 0 Å². The van der Waals surface area contributed by atoms with Crippen molar-refractivity contribution in [1.29, 1.82) is 0 Å². The van der Waals surface area contributed by atoms with Crippen molar-refractivity contribution in [3.8, 4) is 5.75 Å². The Bertz CT molecular complexity index is 754. The summed E-state index contributed by atoms with van der Waals surface area (Å²) in [6.45, 7) is 0. The second kappa shape index (κ2) is 8.07. The molecule has 0 aliphatic carbocycles. The molecule has 120 valence electrons. The third-order valence-electron chi connectivity index (χ3n) is 2.75. The number of hydrogen-bond acceptors (Lipinski definition) is 4. The highest BCUT2D eigenvalue weighted by atomic mass is 79.9. The van der Waals surface area contributed by atoms with Gasteiger partial charge in [0.2, 0.25) is 5.82 Å². The first-order valence-electron chi connectivity index (χ1n) is 6.38. The van der Waals surface area contributed by atoms with E-state index in [2.05, 4.69) is 26.1 Å². The number of phenolic OH excluding ortho intramolecular Hbond substituents is 1. The molecule has 2 aromatic rings. The van der Waals surface area contributed by atoms with E-state index in [1.165, 1.54) is 17.8 Å². The fourth-order valence-electron chi connectivity index (χ4n) is 1.61. The second-order valence-electron chi connectivity index (χ2n) is 4.38. The molecule has 0 spiro atoms. The van der Waals surface area contributed by atoms with E-state index >= 15 is 0 Å². The zero-order valence-electron chi connectivity index (χ0n) is 11.7. The Morgan fingerprint density at radius 2 is 1.96 bits per heavy atom. The number of phenols is 1. The van der Waals surface area contributed by atoms with Crippen LogP contribution in [-0.2, 0) is 5.75 Å². The molecule has 0 heterocycles. The predicted molar refractivity (Wildman–Crippen MR) is 92.7 cm³/mol. The van der Waals surface area contributed by atoms with Crippen molar-refractivity contribution in [2.24, 2.45) is 15.9 Å². The van der Waals surface area contributed by atoms with Crippen LogP contribution in [0.15, 0.2) is 51.1 Å². The molecule has 2 rings (SSSR count). The summed E-state index contributed by atoms with van der Waals surface area (Å²) < 4.78 is 27.0. The van der Waals surface area contributed by atoms with Gasteiger partial charge in [0.05, 0.1) is 10.7 Å². The number of rotatable bonds is 4. The third kappa shape index (κ3) is 4.77. The summed E-state index contributed by atoms with van der Waals surface area (Å²) >= 11 is 4.19. The molecule has 0 radical (unpaired) electrons. The van der Waals surface area contributed by atoms with Gasteiger partial charge in [-0.1, -0.05) is 42.1 Å². The topological polar surface area (TPSA) is 71.0 Å². The first kappa shape index (κ1) is 17.4. The van der Waals surface area contributed by atoms with Gasteiger partial charge in [-0.2, -0.15) is 9.49 Å². The Labute approximate surface area is 144 Å². The Morgan fingerprint density at radius 3 is 2.65 bits per heavy atom. The van der Waals surface area contributed by atoms with Gasteiger partial charge in [-0.25, -0.2) is 4.39 Å². The molecule has 0 bridgehead atoms. The lowest BCUT2D eigenvalue weighted by molar-refractivity contribution is 0.404. The zero-order chi connectivity index (χ0) is 16.8. The molecule has 0 aliphatic heterocycles. The van der Waals surface area contributed by atoms with Gasteiger partial charge in [0.1, 0.15) is 0 Å². The summed E-state index contributed by atoms with van der Waals surface area (Å²) in [5.41, 5.74) is 6.61. The quantitative estimate of drug-likeness (QED) is 0.353. The average Bonchev–Trinajstić information content (AvgIpc) is 2.56. The van der Waals surface area contributed by atoms with Crippen LogP contribution in [0.3, 0.4) is 0 Å². The maximum absolute atomic E-state index is 13.6. The van der Waals surface area contributed by atoms with Crippen LogP contribution in [0.2, 0.25) is 0 Å². The molecular formula is C15H12BrF2N3OS. The largest absolute Gasteiger partial charge is 0.504 e. The standard InChI is InChI=1S/C15H12BrF2N3OS/c16-11-6-10(12(17)13(18)14(11)22)7-20-21-15(19)23-8-9-4-2-1-3-5-9/h1-7,22H,8H2,(H2,19,21). The molecule has 0 fully saturated rings. The molecule has 0 atom stereocenters. The van der Waals surface area contributed by atoms with E-state index in [0.717, 1.165) is 11.8 Å². The molecule has 0 saturated heterocycles. The van der Waals surface area contributed by atoms with E-state index in [4.69, 9.17) is 5.73 Å². The van der Waals surface area contributed by atoms with Crippen LogP contribution in [0.25, 0.3) is 0 Å². The molecule has 4 nitrogen and oxygen atoms in total. The third-order valence-corrected chi connectivity index (χ3v) is 4.20. The van der Waals surface area contributed by atoms with Crippen molar-refractivity contribution in [3.05, 3.63) is 63.6 Å². The minimum absolute atomic E-state index is 0.0215. The van der Waals surface area contributed by atoms with Crippen LogP contribution in [0.5, 0.6) is 5.75 Å². The highest BCUT2D eigenvalue weighted by Crippen LogP contribution is 2.30. The Morgan fingerprint density at radius 1 is 1.26 bits per heavy atom. The average molecular weight is 400 g/mol. The summed E-state index contributed by atoms with van der Waals surface area (Å²) in [4.78, 5) is 0. The fourth-order valence-corrected chi connectivity index (χ4v) is 2.64. The van der Waals surface area contributed by atoms with Crippen LogP contribution < -0.4 is 5.73 Å². The molecule has 0 unspecified atom stereocenters. The summed E-state index contributed by atoms with van der Waals surface area (Å²) in [5.74, 6) is -2.73. The Balaban J connectivity index is 2.03. The lowest BCUT2D eigenvalue weighted by Crippen LogP contribution is -2.06. The minimum atomic E-state index is -1.35. The molecule has 0 aliphatic rings. The highest BCUT2D eigenvalue weighted by molar-refractivity contribution is 9.10. The molecule has 0 aromatic heterocycles. The SMILES string of the molecule is NC(=NN=Cc1cc(Br)c(O)c(F)c1F)SCc1ccccc1. The second-order valence-corrected chi connectivity index (χ2v) is 6.23. The number of halogens is 3. The van der Waals surface area contributed by atoms with Crippen LogP contribution in [-0.4, -0.2) is 16.5 Å². The van der Waals surface area contributed by atoms with Gasteiger partial charge in [0.15, 0.2) is 16.7 Å². The molecule has 8 heteroatoms. The van der Waals surface area contributed by atoms with Crippen LogP contribution in [0, 0.1) is 11.6 Å². The summed E-state index contributed by atoms with van der Waals surface area (Å²) in [6, 6.07) is 10.9. The fraction of sp³-hybridized carbons (Fsp3) is 0.0667. The van der Waals surface area contributed by atoms with Crippen molar-refractivity contribution < 1.29 is 13.9 Å². The van der Waals surface area contributed by atoms with Gasteiger partial charge in [-0.3, -0.25) is 0 Å². The minimum Gasteiger partial charge on any atom is -0.504 e. The molecule has 0 amide bonds. The van der Waals surface area contributed by atoms with E-state index in [0.29, 0.717) is 5.75 Å². The van der Waals surface area contributed by atoms with Gasteiger partial charge in [-0.15, -0.1) is 5.10 Å². The number of benzene rings is 2. The van der Waals surface area contributed by atoms with Gasteiger partial charge < -0.3 is 10.8 Å². The molecule has 3 N–H and O–H groups in total. The van der Waals surface area contributed by atoms with Crippen molar-refractivity contribution in [2.75, 3.05) is 0 Å². The maximum Gasteiger partial charge on any atom is 0.202 e. The van der Waals surface area contributed by atoms with Crippen LogP contribution in [0.1, 0.15) is 11.1 Å². The lowest BCUT2D eigenvalue weighted by atomic mass is 10.2. The zero-order valence-corrected chi connectivity index (χ0v) is 14.1. The number of nitrogens with zero attached hydrogens (tertiary/aromatic N) is 2. The van der Waals surface area contributed by atoms with E-state index < -0.39 is 17.4 Å². The van der Waals surface area contributed by atoms with Gasteiger partial charge >= 0.3 is 0 Å². The number of aromatic hydroxyl groups is 1. The smallest absolute Gasteiger partial charge is 0.202 e. The van der Waals surface area contributed by atoms with Gasteiger partial charge in [0, 0.05) is 11.3 Å².